The van der Waals surface area contributed by atoms with Crippen molar-refractivity contribution in [3.63, 3.8) is 0 Å². The lowest BCUT2D eigenvalue weighted by Gasteiger charge is -2.35. The van der Waals surface area contributed by atoms with E-state index in [2.05, 4.69) is 0 Å². The second-order valence-corrected chi connectivity index (χ2v) is 12.8. The predicted octanol–water partition coefficient (Wildman–Crippen LogP) is 3.77. The predicted molar refractivity (Wildman–Crippen MR) is 107 cm³/mol. The molecule has 3 atom stereocenters. The second kappa shape index (κ2) is 12.7. The zero-order valence-corrected chi connectivity index (χ0v) is 19.7. The maximum Gasteiger partial charge on any atom is 0.358 e. The lowest BCUT2D eigenvalue weighted by atomic mass is 10.4. The molecule has 4 N–H and O–H groups in total. The van der Waals surface area contributed by atoms with Crippen LogP contribution in [0.1, 0.15) is 59.3 Å². The van der Waals surface area contributed by atoms with Gasteiger partial charge in [-0.25, -0.2) is 0 Å². The molecule has 0 amide bonds. The van der Waals surface area contributed by atoms with Crippen LogP contribution in [0.5, 0.6) is 0 Å². The molecule has 14 heteroatoms. The van der Waals surface area contributed by atoms with E-state index >= 15 is 0 Å². The normalized spacial score (nSPS) is 20.2. The molecule has 0 saturated carbocycles. The van der Waals surface area contributed by atoms with Gasteiger partial charge in [-0.2, -0.15) is 0 Å². The Labute approximate surface area is 171 Å². The first-order chi connectivity index (χ1) is 13.3. The minimum atomic E-state index is -5.48. The number of hydrogen-bond acceptors (Lipinski definition) is 7. The SMILES string of the molecule is CCCCOP(=O)(O)CC(C(=O)O)(P(=O)(O)OCCCC)P(=O)(O)OCCCC. The summed E-state index contributed by atoms with van der Waals surface area (Å²) in [6, 6.07) is 0. The summed E-state index contributed by atoms with van der Waals surface area (Å²) in [6.07, 6.45) is 0.927. The van der Waals surface area contributed by atoms with E-state index in [9.17, 15) is 38.3 Å². The summed E-state index contributed by atoms with van der Waals surface area (Å²) in [5, 5.41) is 9.73. The van der Waals surface area contributed by atoms with Crippen LogP contribution >= 0.6 is 22.8 Å². The number of aliphatic carboxylic acids is 1. The van der Waals surface area contributed by atoms with E-state index in [-0.39, 0.29) is 32.7 Å². The van der Waals surface area contributed by atoms with E-state index in [4.69, 9.17) is 13.6 Å². The van der Waals surface area contributed by atoms with Gasteiger partial charge >= 0.3 is 28.8 Å². The van der Waals surface area contributed by atoms with Gasteiger partial charge in [-0.05, 0) is 19.3 Å². The number of carboxylic acids is 1. The molecule has 174 valence electrons. The molecule has 0 aliphatic rings. The molecule has 0 saturated heterocycles. The first kappa shape index (κ1) is 28.9. The summed E-state index contributed by atoms with van der Waals surface area (Å²) in [5.74, 6) is -2.25. The Morgan fingerprint density at radius 1 is 0.759 bits per heavy atom. The fourth-order valence-corrected chi connectivity index (χ4v) is 9.19. The highest BCUT2D eigenvalue weighted by atomic mass is 31.2. The topological polar surface area (TPSA) is 177 Å². The molecule has 29 heavy (non-hydrogen) atoms. The number of rotatable bonds is 17. The maximum absolute atomic E-state index is 12.9. The van der Waals surface area contributed by atoms with Crippen molar-refractivity contribution in [2.24, 2.45) is 0 Å². The highest BCUT2D eigenvalue weighted by Gasteiger charge is 2.71. The Morgan fingerprint density at radius 2 is 1.10 bits per heavy atom. The summed E-state index contributed by atoms with van der Waals surface area (Å²) in [4.78, 5) is 39.4. The van der Waals surface area contributed by atoms with Crippen LogP contribution in [-0.2, 0) is 32.1 Å². The van der Waals surface area contributed by atoms with Crippen LogP contribution in [0.2, 0.25) is 0 Å². The summed E-state index contributed by atoms with van der Waals surface area (Å²) < 4.78 is 52.6. The van der Waals surface area contributed by atoms with Gasteiger partial charge in [0.25, 0.3) is 4.90 Å². The van der Waals surface area contributed by atoms with Gasteiger partial charge in [-0.1, -0.05) is 40.0 Å². The van der Waals surface area contributed by atoms with Crippen molar-refractivity contribution >= 4 is 28.8 Å². The Hall–Kier alpha value is -0.0800. The summed E-state index contributed by atoms with van der Waals surface area (Å²) in [5.41, 5.74) is 0. The second-order valence-electron chi connectivity index (χ2n) is 6.52. The lowest BCUT2D eigenvalue weighted by molar-refractivity contribution is -0.138. The van der Waals surface area contributed by atoms with Gasteiger partial charge in [0, 0.05) is 0 Å². The average molecular weight is 482 g/mol. The minimum Gasteiger partial charge on any atom is -0.480 e. The number of hydrogen-bond donors (Lipinski definition) is 4. The fraction of sp³-hybridized carbons (Fsp3) is 0.933. The summed E-state index contributed by atoms with van der Waals surface area (Å²) in [6.45, 7) is 4.25. The van der Waals surface area contributed by atoms with Crippen LogP contribution < -0.4 is 0 Å². The smallest absolute Gasteiger partial charge is 0.358 e. The van der Waals surface area contributed by atoms with E-state index < -0.39 is 39.8 Å². The molecule has 0 aromatic carbocycles. The van der Waals surface area contributed by atoms with Crippen molar-refractivity contribution in [3.05, 3.63) is 0 Å². The highest BCUT2D eigenvalue weighted by molar-refractivity contribution is 7.76. The molecule has 0 aromatic heterocycles. The molecular weight excluding hydrogens is 449 g/mol. The van der Waals surface area contributed by atoms with E-state index in [0.717, 1.165) is 0 Å². The summed E-state index contributed by atoms with van der Waals surface area (Å²) in [7, 11) is -15.8. The molecule has 3 unspecified atom stereocenters. The molecular formula is C15H33O11P3. The van der Waals surface area contributed by atoms with Crippen molar-refractivity contribution in [1.82, 2.24) is 0 Å². The van der Waals surface area contributed by atoms with Crippen molar-refractivity contribution in [3.8, 4) is 0 Å². The molecule has 0 spiro atoms. The van der Waals surface area contributed by atoms with Crippen LogP contribution in [0.25, 0.3) is 0 Å². The Bertz CT molecular complexity index is 621. The van der Waals surface area contributed by atoms with Crippen molar-refractivity contribution in [1.29, 1.82) is 0 Å². The van der Waals surface area contributed by atoms with Gasteiger partial charge in [0.2, 0.25) is 0 Å². The van der Waals surface area contributed by atoms with Crippen LogP contribution in [0.4, 0.5) is 0 Å². The van der Waals surface area contributed by atoms with Crippen LogP contribution in [0.3, 0.4) is 0 Å². The van der Waals surface area contributed by atoms with Crippen molar-refractivity contribution in [2.75, 3.05) is 26.0 Å². The van der Waals surface area contributed by atoms with Crippen molar-refractivity contribution < 1.29 is 51.8 Å². The molecule has 0 radical (unpaired) electrons. The molecule has 0 rings (SSSR count). The molecule has 0 aliphatic heterocycles. The fourth-order valence-electron chi connectivity index (χ4n) is 2.20. The highest BCUT2D eigenvalue weighted by Crippen LogP contribution is 2.76. The Balaban J connectivity index is 6.22. The standard InChI is InChI=1S/C15H33O11P3/c1-4-7-10-24-27(18,19)13-15(14(16)17,28(20,21)25-11-8-5-2)29(22,23)26-12-9-6-3/h4-13H2,1-3H3,(H,16,17)(H,18,19)(H,20,21)(H,22,23). The van der Waals surface area contributed by atoms with E-state index in [0.29, 0.717) is 25.7 Å². The van der Waals surface area contributed by atoms with E-state index in [1.807, 2.05) is 0 Å². The largest absolute Gasteiger partial charge is 0.480 e. The summed E-state index contributed by atoms with van der Waals surface area (Å²) >= 11 is 0. The van der Waals surface area contributed by atoms with Crippen LogP contribution in [0, 0.1) is 0 Å². The molecule has 0 fully saturated rings. The van der Waals surface area contributed by atoms with E-state index in [1.54, 1.807) is 20.8 Å². The molecule has 0 bridgehead atoms. The Morgan fingerprint density at radius 3 is 1.41 bits per heavy atom. The monoisotopic (exact) mass is 482 g/mol. The maximum atomic E-state index is 12.9. The average Bonchev–Trinajstić information content (AvgIpc) is 2.59. The van der Waals surface area contributed by atoms with E-state index in [1.165, 1.54) is 0 Å². The number of carbonyl (C=O) groups is 1. The third-order valence-corrected chi connectivity index (χ3v) is 11.1. The van der Waals surface area contributed by atoms with Gasteiger partial charge in [-0.3, -0.25) is 18.5 Å². The van der Waals surface area contributed by atoms with Gasteiger partial charge in [0.05, 0.1) is 26.0 Å². The quantitative estimate of drug-likeness (QED) is 0.175. The molecule has 11 nitrogen and oxygen atoms in total. The van der Waals surface area contributed by atoms with Gasteiger partial charge in [-0.15, -0.1) is 0 Å². The van der Waals surface area contributed by atoms with Gasteiger partial charge in [0.1, 0.15) is 0 Å². The zero-order valence-electron chi connectivity index (χ0n) is 17.1. The van der Waals surface area contributed by atoms with Crippen LogP contribution in [-0.4, -0.2) is 56.6 Å². The van der Waals surface area contributed by atoms with Gasteiger partial charge in [0.15, 0.2) is 0 Å². The van der Waals surface area contributed by atoms with Crippen molar-refractivity contribution in [2.45, 2.75) is 64.2 Å². The van der Waals surface area contributed by atoms with Gasteiger partial charge < -0.3 is 33.4 Å². The third kappa shape index (κ3) is 8.17. The third-order valence-electron chi connectivity index (χ3n) is 4.02. The lowest BCUT2D eigenvalue weighted by Crippen LogP contribution is -2.43. The van der Waals surface area contributed by atoms with Crippen LogP contribution in [0.15, 0.2) is 0 Å². The number of carboxylic acid groups (broad SMARTS) is 1. The molecule has 0 aromatic rings. The Kier molecular flexibility index (Phi) is 12.7. The molecule has 0 aliphatic carbocycles. The number of unbranched alkanes of at least 4 members (excludes halogenated alkanes) is 3. The first-order valence-corrected chi connectivity index (χ1v) is 14.4. The minimum absolute atomic E-state index is 0.237. The zero-order chi connectivity index (χ0) is 22.8. The molecule has 0 heterocycles. The first-order valence-electron chi connectivity index (χ1n) is 9.48.